The monoisotopic (exact) mass is 443 g/mol. The van der Waals surface area contributed by atoms with Crippen molar-refractivity contribution in [3.63, 3.8) is 0 Å². The second kappa shape index (κ2) is 9.99. The number of esters is 1. The summed E-state index contributed by atoms with van der Waals surface area (Å²) in [4.78, 5) is 36.4. The van der Waals surface area contributed by atoms with E-state index in [-0.39, 0.29) is 12.4 Å². The number of aromatic nitrogens is 2. The molecule has 7 nitrogen and oxygen atoms in total. The second-order valence-electron chi connectivity index (χ2n) is 6.69. The summed E-state index contributed by atoms with van der Waals surface area (Å²) in [6.07, 6.45) is 0.491. The predicted molar refractivity (Wildman–Crippen MR) is 113 cm³/mol. The molecule has 0 spiro atoms. The van der Waals surface area contributed by atoms with Crippen LogP contribution in [0.2, 0.25) is 5.02 Å². The van der Waals surface area contributed by atoms with Gasteiger partial charge in [0.05, 0.1) is 5.69 Å². The molecule has 0 aliphatic heterocycles. The third-order valence-electron chi connectivity index (χ3n) is 4.36. The van der Waals surface area contributed by atoms with Crippen LogP contribution in [0.3, 0.4) is 0 Å². The number of nitrogens with one attached hydrogen (secondary N) is 1. The number of halogens is 2. The van der Waals surface area contributed by atoms with E-state index in [0.717, 1.165) is 5.56 Å². The maximum Gasteiger partial charge on any atom is 0.363 e. The lowest BCUT2D eigenvalue weighted by atomic mass is 10.1. The number of carbonyl (C=O) groups is 2. The molecule has 31 heavy (non-hydrogen) atoms. The summed E-state index contributed by atoms with van der Waals surface area (Å²) in [6, 6.07) is 13.9. The van der Waals surface area contributed by atoms with Crippen LogP contribution in [-0.4, -0.2) is 34.8 Å². The summed E-state index contributed by atoms with van der Waals surface area (Å²) >= 11 is 5.89. The second-order valence-corrected chi connectivity index (χ2v) is 7.13. The summed E-state index contributed by atoms with van der Waals surface area (Å²) in [6.45, 7) is 1.40. The van der Waals surface area contributed by atoms with E-state index in [1.807, 2.05) is 0 Å². The first-order chi connectivity index (χ1) is 14.8. The molecule has 0 unspecified atom stereocenters. The van der Waals surface area contributed by atoms with Crippen LogP contribution in [0.5, 0.6) is 0 Å². The highest BCUT2D eigenvalue weighted by Crippen LogP contribution is 2.14. The van der Waals surface area contributed by atoms with Gasteiger partial charge >= 0.3 is 5.97 Å². The van der Waals surface area contributed by atoms with E-state index < -0.39 is 29.6 Å². The zero-order valence-electron chi connectivity index (χ0n) is 16.6. The minimum atomic E-state index is -0.999. The van der Waals surface area contributed by atoms with Gasteiger partial charge in [0.2, 0.25) is 11.1 Å². The van der Waals surface area contributed by atoms with Gasteiger partial charge in [0.15, 0.2) is 6.61 Å². The normalized spacial score (nSPS) is 10.5. The van der Waals surface area contributed by atoms with Crippen LogP contribution in [-0.2, 0) is 16.0 Å². The lowest BCUT2D eigenvalue weighted by Crippen LogP contribution is -2.32. The molecule has 0 saturated carbocycles. The number of ether oxygens (including phenoxy) is 1. The van der Waals surface area contributed by atoms with Gasteiger partial charge in [0, 0.05) is 23.3 Å². The van der Waals surface area contributed by atoms with E-state index in [4.69, 9.17) is 16.3 Å². The van der Waals surface area contributed by atoms with E-state index in [0.29, 0.717) is 22.8 Å². The molecule has 0 atom stereocenters. The number of amides is 1. The summed E-state index contributed by atoms with van der Waals surface area (Å²) < 4.78 is 19.2. The van der Waals surface area contributed by atoms with Crippen molar-refractivity contribution >= 4 is 23.5 Å². The van der Waals surface area contributed by atoms with Gasteiger partial charge in [0.25, 0.3) is 5.91 Å². The topological polar surface area (TPSA) is 90.3 Å². The van der Waals surface area contributed by atoms with Crippen molar-refractivity contribution in [1.29, 1.82) is 0 Å². The molecular formula is C22H19ClFN3O4. The van der Waals surface area contributed by atoms with E-state index in [2.05, 4.69) is 10.4 Å². The van der Waals surface area contributed by atoms with Gasteiger partial charge in [-0.15, -0.1) is 0 Å². The number of benzene rings is 2. The van der Waals surface area contributed by atoms with Crippen molar-refractivity contribution in [2.75, 3.05) is 13.2 Å². The number of nitrogens with zero attached hydrogens (tertiary/aromatic N) is 2. The maximum absolute atomic E-state index is 12.9. The van der Waals surface area contributed by atoms with E-state index >= 15 is 0 Å². The van der Waals surface area contributed by atoms with Gasteiger partial charge in [-0.2, -0.15) is 5.10 Å². The van der Waals surface area contributed by atoms with E-state index in [1.165, 1.54) is 22.9 Å². The van der Waals surface area contributed by atoms with Gasteiger partial charge in [-0.3, -0.25) is 9.59 Å². The van der Waals surface area contributed by atoms with Gasteiger partial charge in [-0.05, 0) is 55.3 Å². The smallest absolute Gasteiger partial charge is 0.363 e. The molecule has 0 saturated heterocycles. The number of hydrogen-bond acceptors (Lipinski definition) is 5. The quantitative estimate of drug-likeness (QED) is 0.567. The molecule has 0 bridgehead atoms. The first-order valence-electron chi connectivity index (χ1n) is 9.38. The first kappa shape index (κ1) is 22.2. The highest BCUT2D eigenvalue weighted by Gasteiger charge is 2.18. The molecule has 1 heterocycles. The third kappa shape index (κ3) is 5.99. The lowest BCUT2D eigenvalue weighted by Gasteiger charge is -2.11. The molecule has 1 amide bonds. The molecule has 0 aliphatic carbocycles. The largest absolute Gasteiger partial charge is 0.451 e. The molecule has 0 aliphatic rings. The minimum Gasteiger partial charge on any atom is -0.451 e. The first-order valence-corrected chi connectivity index (χ1v) is 9.76. The van der Waals surface area contributed by atoms with Crippen molar-refractivity contribution in [2.45, 2.75) is 13.3 Å². The fraction of sp³-hybridized carbons (Fsp3) is 0.182. The van der Waals surface area contributed by atoms with Crippen LogP contribution in [0.1, 0.15) is 21.7 Å². The maximum atomic E-state index is 12.9. The Bertz CT molecular complexity index is 1140. The molecule has 3 aromatic rings. The third-order valence-corrected chi connectivity index (χ3v) is 4.61. The summed E-state index contributed by atoms with van der Waals surface area (Å²) in [5.74, 6) is -1.86. The highest BCUT2D eigenvalue weighted by molar-refractivity contribution is 6.30. The number of carbonyl (C=O) groups excluding carboxylic acids is 2. The van der Waals surface area contributed by atoms with Crippen LogP contribution in [0.15, 0.2) is 59.4 Å². The van der Waals surface area contributed by atoms with Gasteiger partial charge in [-0.25, -0.2) is 13.9 Å². The number of rotatable bonds is 7. The van der Waals surface area contributed by atoms with Crippen molar-refractivity contribution in [3.8, 4) is 5.69 Å². The predicted octanol–water partition coefficient (Wildman–Crippen LogP) is 2.85. The molecule has 2 aromatic carbocycles. The standard InChI is InChI=1S/C22H19ClFN3O4/c1-14-12-19(28)21(26-27(14)18-8-4-16(23)5-9-18)22(30)31-13-20(29)25-11-10-15-2-6-17(24)7-3-15/h2-9,12H,10-11,13H2,1H3,(H,25,29). The summed E-state index contributed by atoms with van der Waals surface area (Å²) in [7, 11) is 0. The van der Waals surface area contributed by atoms with Gasteiger partial charge in [-0.1, -0.05) is 23.7 Å². The molecule has 0 radical (unpaired) electrons. The minimum absolute atomic E-state index is 0.286. The Kier molecular flexibility index (Phi) is 7.15. The Labute approximate surface area is 182 Å². The zero-order chi connectivity index (χ0) is 22.4. The molecule has 0 fully saturated rings. The molecule has 1 aromatic heterocycles. The average molecular weight is 444 g/mol. The average Bonchev–Trinajstić information content (AvgIpc) is 2.74. The van der Waals surface area contributed by atoms with E-state index in [9.17, 15) is 18.8 Å². The molecule has 9 heteroatoms. The molecule has 160 valence electrons. The van der Waals surface area contributed by atoms with Crippen LogP contribution >= 0.6 is 11.6 Å². The lowest BCUT2D eigenvalue weighted by molar-refractivity contribution is -0.124. The number of hydrogen-bond donors (Lipinski definition) is 1. The highest BCUT2D eigenvalue weighted by atomic mass is 35.5. The molecular weight excluding hydrogens is 425 g/mol. The summed E-state index contributed by atoms with van der Waals surface area (Å²) in [5.41, 5.74) is 0.936. The Morgan fingerprint density at radius 3 is 2.48 bits per heavy atom. The fourth-order valence-electron chi connectivity index (χ4n) is 2.78. The van der Waals surface area contributed by atoms with Crippen molar-refractivity contribution in [1.82, 2.24) is 15.1 Å². The Hall–Kier alpha value is -3.52. The fourth-order valence-corrected chi connectivity index (χ4v) is 2.91. The zero-order valence-corrected chi connectivity index (χ0v) is 17.4. The SMILES string of the molecule is Cc1cc(=O)c(C(=O)OCC(=O)NCCc2ccc(F)cc2)nn1-c1ccc(Cl)cc1. The van der Waals surface area contributed by atoms with E-state index in [1.54, 1.807) is 43.3 Å². The Morgan fingerprint density at radius 1 is 1.13 bits per heavy atom. The Morgan fingerprint density at radius 2 is 1.81 bits per heavy atom. The van der Waals surface area contributed by atoms with Crippen molar-refractivity contribution < 1.29 is 18.7 Å². The van der Waals surface area contributed by atoms with Crippen molar-refractivity contribution in [3.05, 3.63) is 92.6 Å². The van der Waals surface area contributed by atoms with Crippen LogP contribution in [0, 0.1) is 12.7 Å². The van der Waals surface area contributed by atoms with Crippen molar-refractivity contribution in [2.24, 2.45) is 0 Å². The molecule has 1 N–H and O–H groups in total. The van der Waals surface area contributed by atoms with Crippen LogP contribution in [0.25, 0.3) is 5.69 Å². The van der Waals surface area contributed by atoms with Gasteiger partial charge < -0.3 is 10.1 Å². The van der Waals surface area contributed by atoms with Crippen LogP contribution in [0.4, 0.5) is 4.39 Å². The Balaban J connectivity index is 1.59. The molecule has 3 rings (SSSR count). The van der Waals surface area contributed by atoms with Crippen LogP contribution < -0.4 is 10.7 Å². The number of aryl methyl sites for hydroxylation is 1. The summed E-state index contributed by atoms with van der Waals surface area (Å²) in [5, 5.41) is 7.21. The van der Waals surface area contributed by atoms with Gasteiger partial charge in [0.1, 0.15) is 5.82 Å².